The predicted molar refractivity (Wildman–Crippen MR) is 107 cm³/mol. The van der Waals surface area contributed by atoms with Crippen LogP contribution in [0.1, 0.15) is 30.6 Å². The van der Waals surface area contributed by atoms with E-state index in [-0.39, 0.29) is 29.8 Å². The quantitative estimate of drug-likeness (QED) is 0.768. The number of hydrogen-bond acceptors (Lipinski definition) is 5. The summed E-state index contributed by atoms with van der Waals surface area (Å²) in [5.41, 5.74) is 1.95. The molecule has 2 fully saturated rings. The van der Waals surface area contributed by atoms with Gasteiger partial charge in [0.25, 0.3) is 0 Å². The van der Waals surface area contributed by atoms with Crippen LogP contribution in [0.4, 0.5) is 0 Å². The normalized spacial score (nSPS) is 24.4. The lowest BCUT2D eigenvalue weighted by molar-refractivity contribution is -0.141. The third-order valence-corrected chi connectivity index (χ3v) is 5.81. The Labute approximate surface area is 170 Å². The second-order valence-corrected chi connectivity index (χ2v) is 7.66. The van der Waals surface area contributed by atoms with Gasteiger partial charge >= 0.3 is 0 Å². The lowest BCUT2D eigenvalue weighted by Gasteiger charge is -2.40. The van der Waals surface area contributed by atoms with Gasteiger partial charge in [-0.1, -0.05) is 12.1 Å². The number of ether oxygens (including phenoxy) is 1. The van der Waals surface area contributed by atoms with Gasteiger partial charge in [-0.2, -0.15) is 0 Å². The summed E-state index contributed by atoms with van der Waals surface area (Å²) in [6.07, 6.45) is 4.09. The number of H-pyrrole nitrogens is 1. The van der Waals surface area contributed by atoms with Gasteiger partial charge in [0.2, 0.25) is 11.8 Å². The molecule has 0 radical (unpaired) electrons. The van der Waals surface area contributed by atoms with E-state index < -0.39 is 0 Å². The van der Waals surface area contributed by atoms with Gasteiger partial charge in [0.1, 0.15) is 5.75 Å². The highest BCUT2D eigenvalue weighted by Gasteiger charge is 2.50. The highest BCUT2D eigenvalue weighted by Crippen LogP contribution is 2.43. The fourth-order valence-electron chi connectivity index (χ4n) is 4.60. The molecule has 29 heavy (non-hydrogen) atoms. The van der Waals surface area contributed by atoms with Gasteiger partial charge in [-0.15, -0.1) is 0 Å². The Morgan fingerprint density at radius 3 is 2.79 bits per heavy atom. The zero-order chi connectivity index (χ0) is 20.4. The van der Waals surface area contributed by atoms with Crippen LogP contribution in [-0.2, 0) is 16.1 Å². The van der Waals surface area contributed by atoms with Crippen LogP contribution in [0.5, 0.6) is 5.75 Å². The number of aromatic amines is 1. The molecule has 0 spiro atoms. The van der Waals surface area contributed by atoms with Crippen LogP contribution >= 0.6 is 0 Å². The molecule has 2 aromatic rings. The minimum Gasteiger partial charge on any atom is -0.497 e. The van der Waals surface area contributed by atoms with Crippen LogP contribution in [-0.4, -0.2) is 64.4 Å². The van der Waals surface area contributed by atoms with Crippen molar-refractivity contribution in [2.75, 3.05) is 26.7 Å². The lowest BCUT2D eigenvalue weighted by Crippen LogP contribution is -2.54. The third-order valence-electron chi connectivity index (χ3n) is 5.81. The number of hydrogen-bond donors (Lipinski definition) is 2. The Hall–Kier alpha value is -2.87. The summed E-state index contributed by atoms with van der Waals surface area (Å²) in [6.45, 7) is 4.22. The molecule has 2 aliphatic heterocycles. The van der Waals surface area contributed by atoms with Crippen LogP contribution in [0.3, 0.4) is 0 Å². The van der Waals surface area contributed by atoms with Crippen molar-refractivity contribution in [3.05, 3.63) is 48.0 Å². The van der Waals surface area contributed by atoms with E-state index in [4.69, 9.17) is 4.74 Å². The Bertz CT molecular complexity index is 852. The maximum atomic E-state index is 13.1. The molecule has 0 saturated carbocycles. The number of fused-ring (bicyclic) bond motifs is 1. The maximum Gasteiger partial charge on any atom is 0.237 e. The van der Waals surface area contributed by atoms with Crippen molar-refractivity contribution in [2.45, 2.75) is 32.0 Å². The number of nitrogens with zero attached hydrogens (tertiary/aromatic N) is 3. The number of amides is 2. The molecule has 1 aromatic carbocycles. The molecule has 154 valence electrons. The fourth-order valence-corrected chi connectivity index (χ4v) is 4.60. The minimum atomic E-state index is -0.260. The molecule has 2 aliphatic rings. The Morgan fingerprint density at radius 2 is 2.14 bits per heavy atom. The molecule has 0 bridgehead atoms. The maximum absolute atomic E-state index is 13.1. The second kappa shape index (κ2) is 8.24. The molecule has 4 rings (SSSR count). The van der Waals surface area contributed by atoms with Gasteiger partial charge in [0.05, 0.1) is 31.9 Å². The first-order valence-electron chi connectivity index (χ1n) is 10.0. The number of nitrogens with one attached hydrogen (secondary N) is 2. The van der Waals surface area contributed by atoms with Crippen LogP contribution in [0, 0.1) is 5.92 Å². The number of aromatic nitrogens is 2. The van der Waals surface area contributed by atoms with Crippen molar-refractivity contribution in [1.82, 2.24) is 25.1 Å². The molecular weight excluding hydrogens is 370 g/mol. The van der Waals surface area contributed by atoms with Crippen molar-refractivity contribution in [3.63, 3.8) is 0 Å². The molecule has 2 amide bonds. The lowest BCUT2D eigenvalue weighted by atomic mass is 9.92. The summed E-state index contributed by atoms with van der Waals surface area (Å²) in [4.78, 5) is 37.2. The average molecular weight is 397 g/mol. The standard InChI is InChI=1S/C21H27N5O3/c1-3-23-21(28)18-8-16-11-25(10-15-9-22-13-24-15)12-19(27)26(16)20(18)14-4-6-17(29-2)7-5-14/h4-7,9,13,16,18,20H,3,8,10-12H2,1-2H3,(H,22,24)(H,23,28)/t16-,18?,20?/m1/s1. The molecule has 2 saturated heterocycles. The molecule has 3 heterocycles. The Morgan fingerprint density at radius 1 is 1.34 bits per heavy atom. The zero-order valence-corrected chi connectivity index (χ0v) is 16.8. The van der Waals surface area contributed by atoms with Crippen molar-refractivity contribution < 1.29 is 14.3 Å². The largest absolute Gasteiger partial charge is 0.497 e. The van der Waals surface area contributed by atoms with E-state index in [1.807, 2.05) is 36.1 Å². The first-order chi connectivity index (χ1) is 14.1. The van der Waals surface area contributed by atoms with Crippen molar-refractivity contribution in [2.24, 2.45) is 5.92 Å². The number of benzene rings is 1. The number of imidazole rings is 1. The number of carbonyl (C=O) groups excluding carboxylic acids is 2. The van der Waals surface area contributed by atoms with Crippen molar-refractivity contribution >= 4 is 11.8 Å². The van der Waals surface area contributed by atoms with Gasteiger partial charge in [-0.3, -0.25) is 14.5 Å². The first-order valence-corrected chi connectivity index (χ1v) is 10.0. The van der Waals surface area contributed by atoms with E-state index >= 15 is 0 Å². The van der Waals surface area contributed by atoms with E-state index in [2.05, 4.69) is 20.2 Å². The average Bonchev–Trinajstić information content (AvgIpc) is 3.36. The summed E-state index contributed by atoms with van der Waals surface area (Å²) in [7, 11) is 1.63. The van der Waals surface area contributed by atoms with Gasteiger partial charge < -0.3 is 19.9 Å². The van der Waals surface area contributed by atoms with Crippen molar-refractivity contribution in [3.8, 4) is 5.75 Å². The molecule has 1 aromatic heterocycles. The SMILES string of the molecule is CCNC(=O)C1C[C@@H]2CN(Cc3cnc[nH]3)CC(=O)N2C1c1ccc(OC)cc1. The van der Waals surface area contributed by atoms with E-state index in [1.54, 1.807) is 19.6 Å². The number of rotatable bonds is 6. The van der Waals surface area contributed by atoms with Gasteiger partial charge in [0.15, 0.2) is 0 Å². The summed E-state index contributed by atoms with van der Waals surface area (Å²) >= 11 is 0. The van der Waals surface area contributed by atoms with E-state index in [0.29, 0.717) is 26.1 Å². The van der Waals surface area contributed by atoms with Crippen LogP contribution in [0.25, 0.3) is 0 Å². The fraction of sp³-hybridized carbons (Fsp3) is 0.476. The van der Waals surface area contributed by atoms with Gasteiger partial charge in [0, 0.05) is 37.6 Å². The molecular formula is C21H27N5O3. The molecule has 3 atom stereocenters. The minimum absolute atomic E-state index is 0.00985. The van der Waals surface area contributed by atoms with Gasteiger partial charge in [-0.25, -0.2) is 4.98 Å². The molecule has 8 nitrogen and oxygen atoms in total. The monoisotopic (exact) mass is 397 g/mol. The molecule has 0 aliphatic carbocycles. The van der Waals surface area contributed by atoms with Crippen LogP contribution in [0.15, 0.2) is 36.8 Å². The van der Waals surface area contributed by atoms with E-state index in [9.17, 15) is 9.59 Å². The van der Waals surface area contributed by atoms with E-state index in [1.165, 1.54) is 0 Å². The van der Waals surface area contributed by atoms with Crippen LogP contribution < -0.4 is 10.1 Å². The summed E-state index contributed by atoms with van der Waals surface area (Å²) in [6, 6.07) is 7.45. The second-order valence-electron chi connectivity index (χ2n) is 7.66. The molecule has 2 N–H and O–H groups in total. The van der Waals surface area contributed by atoms with Crippen LogP contribution in [0.2, 0.25) is 0 Å². The zero-order valence-electron chi connectivity index (χ0n) is 16.8. The smallest absolute Gasteiger partial charge is 0.237 e. The third kappa shape index (κ3) is 3.85. The number of methoxy groups -OCH3 is 1. The summed E-state index contributed by atoms with van der Waals surface area (Å²) < 4.78 is 5.26. The van der Waals surface area contributed by atoms with E-state index in [0.717, 1.165) is 23.6 Å². The number of carbonyl (C=O) groups is 2. The summed E-state index contributed by atoms with van der Waals surface area (Å²) in [5, 5.41) is 2.95. The highest BCUT2D eigenvalue weighted by molar-refractivity contribution is 5.85. The van der Waals surface area contributed by atoms with Crippen molar-refractivity contribution in [1.29, 1.82) is 0 Å². The molecule has 8 heteroatoms. The number of piperazine rings is 1. The highest BCUT2D eigenvalue weighted by atomic mass is 16.5. The predicted octanol–water partition coefficient (Wildman–Crippen LogP) is 1.33. The first kappa shape index (κ1) is 19.4. The summed E-state index contributed by atoms with van der Waals surface area (Å²) in [5.74, 6) is 0.571. The molecule has 2 unspecified atom stereocenters. The Balaban J connectivity index is 1.60. The Kier molecular flexibility index (Phi) is 5.53. The van der Waals surface area contributed by atoms with Gasteiger partial charge in [-0.05, 0) is 31.0 Å². The topological polar surface area (TPSA) is 90.6 Å².